The van der Waals surface area contributed by atoms with Gasteiger partial charge in [0.2, 0.25) is 0 Å². The van der Waals surface area contributed by atoms with Crippen LogP contribution in [0.5, 0.6) is 0 Å². The van der Waals surface area contributed by atoms with E-state index in [1.54, 1.807) is 5.56 Å². The molecule has 0 amide bonds. The van der Waals surface area contributed by atoms with Gasteiger partial charge in [0, 0.05) is 4.47 Å². The minimum atomic E-state index is 0.521. The van der Waals surface area contributed by atoms with Gasteiger partial charge in [0.25, 0.3) is 0 Å². The topological polar surface area (TPSA) is 0 Å². The molecule has 1 heteroatoms. The molecule has 1 aromatic rings. The van der Waals surface area contributed by atoms with E-state index >= 15 is 0 Å². The van der Waals surface area contributed by atoms with Crippen LogP contribution in [0.15, 0.2) is 28.7 Å². The number of rotatable bonds is 5. The molecular weight excluding hydrogens is 308 g/mol. The number of fused-ring (bicyclic) bond motifs is 3. The molecule has 0 atom stereocenters. The fraction of sp³-hybridized carbons (Fsp3) is 0.684. The molecule has 3 fully saturated rings. The highest BCUT2D eigenvalue weighted by Gasteiger charge is 2.48. The molecular formula is C19H27Br. The summed E-state index contributed by atoms with van der Waals surface area (Å²) in [5.74, 6) is 0. The van der Waals surface area contributed by atoms with Gasteiger partial charge in [0.05, 0.1) is 0 Å². The fourth-order valence-corrected chi connectivity index (χ4v) is 4.89. The Morgan fingerprint density at radius 1 is 0.900 bits per heavy atom. The van der Waals surface area contributed by atoms with Crippen LogP contribution in [0.4, 0.5) is 0 Å². The summed E-state index contributed by atoms with van der Waals surface area (Å²) < 4.78 is 1.21. The van der Waals surface area contributed by atoms with Crippen LogP contribution in [0.25, 0.3) is 0 Å². The predicted octanol–water partition coefficient (Wildman–Crippen LogP) is 6.62. The quantitative estimate of drug-likeness (QED) is 0.530. The Balaban J connectivity index is 1.68. The maximum atomic E-state index is 3.56. The molecule has 3 aliphatic rings. The zero-order valence-corrected chi connectivity index (χ0v) is 14.3. The lowest BCUT2D eigenvalue weighted by Crippen LogP contribution is -2.44. The molecule has 0 heterocycles. The Bertz CT molecular complexity index is 421. The van der Waals surface area contributed by atoms with Gasteiger partial charge in [0.15, 0.2) is 0 Å². The second-order valence-corrected chi connectivity index (χ2v) is 8.16. The van der Waals surface area contributed by atoms with Gasteiger partial charge in [-0.3, -0.25) is 0 Å². The van der Waals surface area contributed by atoms with E-state index in [1.165, 1.54) is 68.7 Å². The zero-order chi connectivity index (χ0) is 14.1. The predicted molar refractivity (Wildman–Crippen MR) is 90.1 cm³/mol. The van der Waals surface area contributed by atoms with Crippen molar-refractivity contribution in [2.75, 3.05) is 0 Å². The van der Waals surface area contributed by atoms with Crippen LogP contribution >= 0.6 is 15.9 Å². The third kappa shape index (κ3) is 2.71. The van der Waals surface area contributed by atoms with Gasteiger partial charge in [-0.25, -0.2) is 0 Å². The van der Waals surface area contributed by atoms with E-state index in [0.29, 0.717) is 5.41 Å². The third-order valence-corrected chi connectivity index (χ3v) is 6.70. The van der Waals surface area contributed by atoms with Gasteiger partial charge in [0.1, 0.15) is 0 Å². The minimum absolute atomic E-state index is 0.521. The smallest absolute Gasteiger partial charge is 0.0175 e. The van der Waals surface area contributed by atoms with Crippen LogP contribution < -0.4 is 0 Å². The van der Waals surface area contributed by atoms with E-state index in [1.807, 2.05) is 0 Å². The van der Waals surface area contributed by atoms with Crippen molar-refractivity contribution >= 4 is 15.9 Å². The third-order valence-electron chi connectivity index (χ3n) is 6.17. The van der Waals surface area contributed by atoms with E-state index in [4.69, 9.17) is 0 Å². The van der Waals surface area contributed by atoms with Gasteiger partial charge < -0.3 is 0 Å². The van der Waals surface area contributed by atoms with Gasteiger partial charge in [-0.2, -0.15) is 0 Å². The maximum absolute atomic E-state index is 3.56. The molecule has 0 spiro atoms. The normalized spacial score (nSPS) is 32.5. The van der Waals surface area contributed by atoms with Crippen molar-refractivity contribution in [3.8, 4) is 0 Å². The number of benzene rings is 1. The van der Waals surface area contributed by atoms with Crippen molar-refractivity contribution in [1.82, 2.24) is 0 Å². The Morgan fingerprint density at radius 3 is 2.05 bits per heavy atom. The molecule has 1 aromatic carbocycles. The van der Waals surface area contributed by atoms with Crippen LogP contribution in [-0.2, 0) is 5.41 Å². The highest BCUT2D eigenvalue weighted by atomic mass is 79.9. The second-order valence-electron chi connectivity index (χ2n) is 7.24. The van der Waals surface area contributed by atoms with E-state index in [9.17, 15) is 0 Å². The monoisotopic (exact) mass is 334 g/mol. The van der Waals surface area contributed by atoms with E-state index < -0.39 is 0 Å². The fourth-order valence-electron chi connectivity index (χ4n) is 4.62. The second kappa shape index (κ2) is 5.83. The summed E-state index contributed by atoms with van der Waals surface area (Å²) in [5, 5.41) is 0. The highest BCUT2D eigenvalue weighted by Crippen LogP contribution is 2.59. The van der Waals surface area contributed by atoms with Crippen molar-refractivity contribution in [2.45, 2.75) is 76.5 Å². The lowest BCUT2D eigenvalue weighted by atomic mass is 9.51. The number of halogens is 1. The van der Waals surface area contributed by atoms with Crippen molar-refractivity contribution in [3.05, 3.63) is 34.3 Å². The summed E-state index contributed by atoms with van der Waals surface area (Å²) in [6.07, 6.45) is 14.5. The Labute approximate surface area is 132 Å². The molecule has 4 rings (SSSR count). The van der Waals surface area contributed by atoms with Gasteiger partial charge in [-0.05, 0) is 73.5 Å². The molecule has 0 nitrogen and oxygen atoms in total. The molecule has 0 aromatic heterocycles. The van der Waals surface area contributed by atoms with Crippen molar-refractivity contribution in [2.24, 2.45) is 5.41 Å². The van der Waals surface area contributed by atoms with Gasteiger partial charge >= 0.3 is 0 Å². The first kappa shape index (κ1) is 14.6. The molecule has 20 heavy (non-hydrogen) atoms. The lowest BCUT2D eigenvalue weighted by molar-refractivity contribution is 0.0305. The molecule has 0 N–H and O–H groups in total. The Kier molecular flexibility index (Phi) is 4.26. The summed E-state index contributed by atoms with van der Waals surface area (Å²) >= 11 is 3.56. The molecule has 0 saturated heterocycles. The van der Waals surface area contributed by atoms with Crippen LogP contribution in [-0.4, -0.2) is 0 Å². The van der Waals surface area contributed by atoms with E-state index in [-0.39, 0.29) is 0 Å². The maximum Gasteiger partial charge on any atom is 0.0175 e. The van der Waals surface area contributed by atoms with Gasteiger partial charge in [-0.1, -0.05) is 54.2 Å². The summed E-state index contributed by atoms with van der Waals surface area (Å²) in [4.78, 5) is 0. The van der Waals surface area contributed by atoms with E-state index in [2.05, 4.69) is 47.1 Å². The molecule has 0 radical (unpaired) electrons. The van der Waals surface area contributed by atoms with Gasteiger partial charge in [-0.15, -0.1) is 0 Å². The molecule has 3 aliphatic carbocycles. The summed E-state index contributed by atoms with van der Waals surface area (Å²) in [6, 6.07) is 9.17. The Hall–Kier alpha value is -0.300. The molecule has 0 aliphatic heterocycles. The average molecular weight is 335 g/mol. The first-order valence-electron chi connectivity index (χ1n) is 8.44. The summed E-state index contributed by atoms with van der Waals surface area (Å²) in [6.45, 7) is 2.32. The van der Waals surface area contributed by atoms with Crippen molar-refractivity contribution < 1.29 is 0 Å². The standard InChI is InChI=1S/C19H27Br/c1-2-3-4-9-18-10-13-19(14-11-18,15-12-18)16-5-7-17(20)8-6-16/h5-8H,2-4,9-15H2,1H3. The molecule has 2 bridgehead atoms. The van der Waals surface area contributed by atoms with Crippen LogP contribution in [0.2, 0.25) is 0 Å². The van der Waals surface area contributed by atoms with Crippen molar-refractivity contribution in [3.63, 3.8) is 0 Å². The molecule has 110 valence electrons. The summed E-state index contributed by atoms with van der Waals surface area (Å²) in [5.41, 5.74) is 2.85. The number of unbranched alkanes of at least 4 members (excludes halogenated alkanes) is 2. The SMILES string of the molecule is CCCCCC12CCC(c3ccc(Br)cc3)(CC1)CC2. The molecule has 3 saturated carbocycles. The zero-order valence-electron chi connectivity index (χ0n) is 12.8. The first-order chi connectivity index (χ1) is 9.68. The highest BCUT2D eigenvalue weighted by molar-refractivity contribution is 9.10. The van der Waals surface area contributed by atoms with E-state index in [0.717, 1.165) is 5.41 Å². The Morgan fingerprint density at radius 2 is 1.50 bits per heavy atom. The number of hydrogen-bond acceptors (Lipinski definition) is 0. The molecule has 0 unspecified atom stereocenters. The minimum Gasteiger partial charge on any atom is -0.0654 e. The lowest BCUT2D eigenvalue weighted by Gasteiger charge is -2.54. The number of hydrogen-bond donors (Lipinski definition) is 0. The first-order valence-corrected chi connectivity index (χ1v) is 9.24. The van der Waals surface area contributed by atoms with Crippen molar-refractivity contribution in [1.29, 1.82) is 0 Å². The largest absolute Gasteiger partial charge is 0.0654 e. The van der Waals surface area contributed by atoms with Crippen LogP contribution in [0.1, 0.15) is 76.7 Å². The van der Waals surface area contributed by atoms with Crippen LogP contribution in [0, 0.1) is 5.41 Å². The summed E-state index contributed by atoms with van der Waals surface area (Å²) in [7, 11) is 0. The average Bonchev–Trinajstić information content (AvgIpc) is 2.50. The van der Waals surface area contributed by atoms with Crippen LogP contribution in [0.3, 0.4) is 0 Å².